The third kappa shape index (κ3) is 3.89. The topological polar surface area (TPSA) is 56.3 Å². The van der Waals surface area contributed by atoms with E-state index in [9.17, 15) is 0 Å². The Hall–Kier alpha value is -1.22. The molecule has 0 aliphatic carbocycles. The molecule has 1 aliphatic heterocycles. The summed E-state index contributed by atoms with van der Waals surface area (Å²) >= 11 is 0. The Bertz CT molecular complexity index is 555. The van der Waals surface area contributed by atoms with Crippen LogP contribution in [0.1, 0.15) is 26.7 Å². The van der Waals surface area contributed by atoms with E-state index in [-0.39, 0.29) is 20.4 Å². The van der Waals surface area contributed by atoms with Crippen LogP contribution in [0, 0.1) is 0 Å². The maximum atomic E-state index is 4.15. The smallest absolute Gasteiger partial charge is 0.132 e. The first-order valence-corrected chi connectivity index (χ1v) is 6.85. The predicted octanol–water partition coefficient (Wildman–Crippen LogP) is 2.23. The van der Waals surface area contributed by atoms with Crippen LogP contribution in [0.4, 0.5) is 0 Å². The number of rotatable bonds is 0. The number of nitrogens with one attached hydrogen (secondary N) is 1. The summed E-state index contributed by atoms with van der Waals surface area (Å²) in [4.78, 5) is 12.4. The molecular formula is C14H20N5Re-. The van der Waals surface area contributed by atoms with Crippen LogP contribution < -0.4 is 10.3 Å². The molecule has 1 radical (unpaired) electrons. The minimum Gasteiger partial charge on any atom is -0.441 e. The predicted molar refractivity (Wildman–Crippen MR) is 77.3 cm³/mol. The monoisotopic (exact) mass is 445 g/mol. The Labute approximate surface area is 132 Å². The van der Waals surface area contributed by atoms with Gasteiger partial charge >= 0.3 is 0 Å². The van der Waals surface area contributed by atoms with Crippen molar-refractivity contribution in [2.45, 2.75) is 26.7 Å². The molecule has 3 aromatic heterocycles. The van der Waals surface area contributed by atoms with Gasteiger partial charge < -0.3 is 19.7 Å². The second-order valence-corrected chi connectivity index (χ2v) is 4.02. The Kier molecular flexibility index (Phi) is 7.45. The van der Waals surface area contributed by atoms with Gasteiger partial charge in [-0.25, -0.2) is 4.98 Å². The van der Waals surface area contributed by atoms with Crippen molar-refractivity contribution in [2.75, 3.05) is 13.1 Å². The van der Waals surface area contributed by atoms with Crippen LogP contribution in [0.25, 0.3) is 16.8 Å². The summed E-state index contributed by atoms with van der Waals surface area (Å²) < 4.78 is 1.97. The molecule has 1 saturated heterocycles. The van der Waals surface area contributed by atoms with Gasteiger partial charge in [0.05, 0.1) is 0 Å². The van der Waals surface area contributed by atoms with E-state index < -0.39 is 0 Å². The SMILES string of the molecule is C1CCNC1.CC.[Re].c1cn2c(cnc3[n-]ccc32)n1. The minimum absolute atomic E-state index is 0. The fraction of sp³-hybridized carbons (Fsp3) is 0.429. The summed E-state index contributed by atoms with van der Waals surface area (Å²) in [6, 6.07) is 1.93. The first kappa shape index (κ1) is 16.8. The molecule has 20 heavy (non-hydrogen) atoms. The summed E-state index contributed by atoms with van der Waals surface area (Å²) in [6.07, 6.45) is 9.90. The molecule has 0 spiro atoms. The van der Waals surface area contributed by atoms with E-state index in [1.54, 1.807) is 18.6 Å². The van der Waals surface area contributed by atoms with Crippen molar-refractivity contribution in [3.8, 4) is 0 Å². The molecule has 4 rings (SSSR count). The fourth-order valence-electron chi connectivity index (χ4n) is 1.96. The molecule has 4 heterocycles. The van der Waals surface area contributed by atoms with E-state index in [0.29, 0.717) is 0 Å². The molecule has 0 amide bonds. The first-order chi connectivity index (χ1) is 9.45. The Morgan fingerprint density at radius 3 is 2.60 bits per heavy atom. The number of fused-ring (bicyclic) bond motifs is 3. The van der Waals surface area contributed by atoms with Gasteiger partial charge in [-0.2, -0.15) is 0 Å². The van der Waals surface area contributed by atoms with Crippen LogP contribution >= 0.6 is 0 Å². The molecule has 1 aliphatic rings. The van der Waals surface area contributed by atoms with Crippen molar-refractivity contribution in [3.63, 3.8) is 0 Å². The van der Waals surface area contributed by atoms with E-state index in [1.165, 1.54) is 25.9 Å². The maximum Gasteiger partial charge on any atom is 0.132 e. The van der Waals surface area contributed by atoms with E-state index in [0.717, 1.165) is 16.8 Å². The van der Waals surface area contributed by atoms with Crippen molar-refractivity contribution >= 4 is 16.8 Å². The Morgan fingerprint density at radius 1 is 1.20 bits per heavy atom. The van der Waals surface area contributed by atoms with Gasteiger partial charge in [-0.3, -0.25) is 0 Å². The van der Waals surface area contributed by atoms with Gasteiger partial charge in [0.2, 0.25) is 0 Å². The zero-order valence-electron chi connectivity index (χ0n) is 11.9. The molecule has 0 unspecified atom stereocenters. The first-order valence-electron chi connectivity index (χ1n) is 6.85. The quantitative estimate of drug-likeness (QED) is 0.578. The van der Waals surface area contributed by atoms with Crippen LogP contribution in [-0.2, 0) is 20.4 Å². The summed E-state index contributed by atoms with van der Waals surface area (Å²) in [5.41, 5.74) is 2.63. The van der Waals surface area contributed by atoms with Gasteiger partial charge in [0.1, 0.15) is 5.65 Å². The Morgan fingerprint density at radius 2 is 1.95 bits per heavy atom. The molecule has 0 bridgehead atoms. The van der Waals surface area contributed by atoms with Crippen molar-refractivity contribution in [1.82, 2.24) is 24.7 Å². The third-order valence-corrected chi connectivity index (χ3v) is 2.85. The molecule has 6 heteroatoms. The average Bonchev–Trinajstić information content (AvgIpc) is 3.22. The standard InChI is InChI=1S/C8H5N4.C4H9N.C2H6.Re/c1-2-10-8-6(1)12-4-3-9-7(12)5-11-8;1-2-4-5-3-1;1-2;/h1-5H;5H,1-4H2;1-2H3;/q-1;;;. The fourth-order valence-corrected chi connectivity index (χ4v) is 1.96. The zero-order chi connectivity index (χ0) is 13.5. The number of aromatic nitrogens is 4. The van der Waals surface area contributed by atoms with Crippen LogP contribution in [0.5, 0.6) is 0 Å². The summed E-state index contributed by atoms with van der Waals surface area (Å²) in [5.74, 6) is 0. The van der Waals surface area contributed by atoms with Gasteiger partial charge in [-0.15, -0.1) is 0 Å². The van der Waals surface area contributed by atoms with E-state index in [1.807, 2.05) is 30.5 Å². The van der Waals surface area contributed by atoms with Gasteiger partial charge in [0, 0.05) is 38.3 Å². The van der Waals surface area contributed by atoms with Crippen molar-refractivity contribution in [1.29, 1.82) is 0 Å². The molecule has 1 N–H and O–H groups in total. The van der Waals surface area contributed by atoms with Gasteiger partial charge in [0.25, 0.3) is 0 Å². The Balaban J connectivity index is 0.000000214. The molecule has 3 aromatic rings. The average molecular weight is 445 g/mol. The molecule has 0 saturated carbocycles. The molecule has 0 aromatic carbocycles. The number of nitrogens with zero attached hydrogens (tertiary/aromatic N) is 4. The normalized spacial score (nSPS) is 13.1. The van der Waals surface area contributed by atoms with Crippen LogP contribution in [-0.4, -0.2) is 27.5 Å². The second-order valence-electron chi connectivity index (χ2n) is 4.02. The summed E-state index contributed by atoms with van der Waals surface area (Å²) in [5, 5.41) is 3.22. The van der Waals surface area contributed by atoms with Gasteiger partial charge in [-0.05, 0) is 43.8 Å². The van der Waals surface area contributed by atoms with E-state index in [2.05, 4.69) is 20.3 Å². The van der Waals surface area contributed by atoms with Crippen LogP contribution in [0.3, 0.4) is 0 Å². The second kappa shape index (κ2) is 8.85. The van der Waals surface area contributed by atoms with Gasteiger partial charge in [-0.1, -0.05) is 20.0 Å². The van der Waals surface area contributed by atoms with Crippen molar-refractivity contribution in [2.24, 2.45) is 0 Å². The third-order valence-electron chi connectivity index (χ3n) is 2.85. The van der Waals surface area contributed by atoms with E-state index in [4.69, 9.17) is 0 Å². The number of imidazole rings is 1. The van der Waals surface area contributed by atoms with Crippen LogP contribution in [0.15, 0.2) is 30.9 Å². The molecular weight excluding hydrogens is 424 g/mol. The molecule has 109 valence electrons. The maximum absolute atomic E-state index is 4.15. The summed E-state index contributed by atoms with van der Waals surface area (Å²) in [7, 11) is 0. The molecule has 0 atom stereocenters. The van der Waals surface area contributed by atoms with Crippen molar-refractivity contribution in [3.05, 3.63) is 30.9 Å². The van der Waals surface area contributed by atoms with E-state index >= 15 is 0 Å². The minimum atomic E-state index is 0. The van der Waals surface area contributed by atoms with Crippen LogP contribution in [0.2, 0.25) is 0 Å². The van der Waals surface area contributed by atoms with Crippen molar-refractivity contribution < 1.29 is 20.4 Å². The largest absolute Gasteiger partial charge is 0.441 e. The zero-order valence-corrected chi connectivity index (χ0v) is 14.6. The number of hydrogen-bond donors (Lipinski definition) is 1. The molecule has 5 nitrogen and oxygen atoms in total. The van der Waals surface area contributed by atoms with Gasteiger partial charge in [0.15, 0.2) is 0 Å². The summed E-state index contributed by atoms with van der Waals surface area (Å²) in [6.45, 7) is 6.50. The molecule has 1 fully saturated rings. The number of hydrogen-bond acceptors (Lipinski definition) is 3.